The fraction of sp³-hybridized carbons (Fsp3) is 0.417. The van der Waals surface area contributed by atoms with Gasteiger partial charge in [0.05, 0.1) is 10.4 Å². The number of thiophene rings is 1. The van der Waals surface area contributed by atoms with Crippen molar-refractivity contribution in [2.24, 2.45) is 5.41 Å². The van der Waals surface area contributed by atoms with Crippen LogP contribution in [0.2, 0.25) is 0 Å². The van der Waals surface area contributed by atoms with Gasteiger partial charge in [0.15, 0.2) is 5.82 Å². The maximum atomic E-state index is 13.2. The Morgan fingerprint density at radius 3 is 2.39 bits per heavy atom. The topological polar surface area (TPSA) is 87.5 Å². The van der Waals surface area contributed by atoms with E-state index in [-0.39, 0.29) is 23.3 Å². The highest BCUT2D eigenvalue weighted by molar-refractivity contribution is 7.20. The maximum absolute atomic E-state index is 13.2. The van der Waals surface area contributed by atoms with Crippen molar-refractivity contribution in [2.45, 2.75) is 32.4 Å². The van der Waals surface area contributed by atoms with Crippen molar-refractivity contribution in [3.05, 3.63) is 47.0 Å². The Balaban J connectivity index is 1.21. The Morgan fingerprint density at radius 2 is 1.72 bits per heavy atom. The number of amides is 3. The van der Waals surface area contributed by atoms with Crippen LogP contribution in [-0.2, 0) is 11.0 Å². The van der Waals surface area contributed by atoms with Crippen LogP contribution in [-0.4, -0.2) is 63.6 Å². The molecule has 1 N–H and O–H groups in total. The van der Waals surface area contributed by atoms with Gasteiger partial charge in [-0.2, -0.15) is 17.9 Å². The molecule has 1 spiro atoms. The Bertz CT molecular complexity index is 1340. The van der Waals surface area contributed by atoms with E-state index in [1.54, 1.807) is 21.9 Å². The first kappa shape index (κ1) is 24.3. The van der Waals surface area contributed by atoms with E-state index in [4.69, 9.17) is 0 Å². The number of anilines is 1. The van der Waals surface area contributed by atoms with E-state index in [0.717, 1.165) is 42.7 Å². The van der Waals surface area contributed by atoms with E-state index < -0.39 is 11.7 Å². The Labute approximate surface area is 208 Å². The molecule has 2 fully saturated rings. The highest BCUT2D eigenvalue weighted by Gasteiger charge is 2.43. The number of rotatable bonds is 2. The first-order valence-electron chi connectivity index (χ1n) is 11.6. The molecule has 0 atom stereocenters. The van der Waals surface area contributed by atoms with Gasteiger partial charge in [0.2, 0.25) is 5.91 Å². The van der Waals surface area contributed by atoms with Crippen LogP contribution in [0.15, 0.2) is 36.5 Å². The van der Waals surface area contributed by atoms with Gasteiger partial charge in [-0.25, -0.2) is 4.79 Å². The van der Waals surface area contributed by atoms with E-state index >= 15 is 0 Å². The van der Waals surface area contributed by atoms with E-state index in [1.165, 1.54) is 23.9 Å². The maximum Gasteiger partial charge on any atom is 0.416 e. The number of halogens is 3. The molecule has 2 aliphatic rings. The molecule has 5 rings (SSSR count). The molecule has 2 aromatic heterocycles. The number of carbonyl (C=O) groups excluding carboxylic acids is 3. The number of benzene rings is 1. The highest BCUT2D eigenvalue weighted by Crippen LogP contribution is 2.42. The van der Waals surface area contributed by atoms with Crippen LogP contribution in [0.3, 0.4) is 0 Å². The molecule has 8 nitrogen and oxygen atoms in total. The second-order valence-electron chi connectivity index (χ2n) is 9.43. The number of carbonyl (C=O) groups is 3. The van der Waals surface area contributed by atoms with Crippen LogP contribution in [0.25, 0.3) is 10.1 Å². The summed E-state index contributed by atoms with van der Waals surface area (Å²) in [5.41, 5.74) is -0.809. The predicted molar refractivity (Wildman–Crippen MR) is 128 cm³/mol. The minimum absolute atomic E-state index is 0.0853. The minimum Gasteiger partial charge on any atom is -0.337 e. The van der Waals surface area contributed by atoms with Crippen molar-refractivity contribution in [3.63, 3.8) is 0 Å². The number of nitrogens with zero attached hydrogens (tertiary/aromatic N) is 4. The SMILES string of the molecule is CC(=O)Nc1ccn(C(=O)N2CCC3(CCN(C(=O)c4cc5ccc(C(F)(F)F)cc5s4)C3)CC2)n1. The number of likely N-dealkylation sites (tertiary alicyclic amines) is 2. The van der Waals surface area contributed by atoms with Crippen LogP contribution < -0.4 is 5.32 Å². The summed E-state index contributed by atoms with van der Waals surface area (Å²) in [5, 5.41) is 7.26. The first-order chi connectivity index (χ1) is 17.0. The zero-order valence-electron chi connectivity index (χ0n) is 19.5. The Kier molecular flexibility index (Phi) is 6.01. The average Bonchev–Trinajstić information content (AvgIpc) is 3.56. The lowest BCUT2D eigenvalue weighted by molar-refractivity contribution is -0.137. The molecule has 0 saturated carbocycles. The van der Waals surface area contributed by atoms with E-state index in [2.05, 4.69) is 10.4 Å². The summed E-state index contributed by atoms with van der Waals surface area (Å²) in [6, 6.07) is 6.48. The van der Waals surface area contributed by atoms with Crippen LogP contribution in [0.4, 0.5) is 23.8 Å². The summed E-state index contributed by atoms with van der Waals surface area (Å²) in [6.45, 7) is 3.56. The number of piperidine rings is 1. The van der Waals surface area contributed by atoms with E-state index in [1.807, 2.05) is 0 Å². The van der Waals surface area contributed by atoms with E-state index in [9.17, 15) is 27.6 Å². The first-order valence-corrected chi connectivity index (χ1v) is 12.4. The molecule has 0 bridgehead atoms. The summed E-state index contributed by atoms with van der Waals surface area (Å²) in [4.78, 5) is 41.1. The molecular weight excluding hydrogens is 495 g/mol. The molecule has 0 radical (unpaired) electrons. The number of nitrogens with one attached hydrogen (secondary N) is 1. The molecule has 0 aliphatic carbocycles. The van der Waals surface area contributed by atoms with E-state index in [0.29, 0.717) is 47.0 Å². The molecule has 1 aromatic carbocycles. The average molecular weight is 520 g/mol. The van der Waals surface area contributed by atoms with Gasteiger partial charge in [-0.15, -0.1) is 16.4 Å². The van der Waals surface area contributed by atoms with Gasteiger partial charge in [0, 0.05) is 50.1 Å². The van der Waals surface area contributed by atoms with Crippen LogP contribution in [0.1, 0.15) is 41.4 Å². The molecule has 2 saturated heterocycles. The van der Waals surface area contributed by atoms with Gasteiger partial charge < -0.3 is 15.1 Å². The summed E-state index contributed by atoms with van der Waals surface area (Å²) < 4.78 is 40.8. The predicted octanol–water partition coefficient (Wildman–Crippen LogP) is 4.67. The van der Waals surface area contributed by atoms with Gasteiger partial charge in [0.25, 0.3) is 5.91 Å². The van der Waals surface area contributed by atoms with Crippen molar-refractivity contribution < 1.29 is 27.6 Å². The van der Waals surface area contributed by atoms with Gasteiger partial charge in [-0.1, -0.05) is 6.07 Å². The Morgan fingerprint density at radius 1 is 1.03 bits per heavy atom. The molecular formula is C24H24F3N5O3S. The number of fused-ring (bicyclic) bond motifs is 1. The summed E-state index contributed by atoms with van der Waals surface area (Å²) >= 11 is 1.09. The third kappa shape index (κ3) is 4.69. The fourth-order valence-corrected chi connectivity index (χ4v) is 6.05. The fourth-order valence-electron chi connectivity index (χ4n) is 4.98. The normalized spacial score (nSPS) is 17.7. The molecule has 3 aromatic rings. The monoisotopic (exact) mass is 519 g/mol. The van der Waals surface area contributed by atoms with Crippen molar-refractivity contribution in [2.75, 3.05) is 31.5 Å². The minimum atomic E-state index is -4.43. The van der Waals surface area contributed by atoms with Crippen LogP contribution in [0, 0.1) is 5.41 Å². The standard InChI is InChI=1S/C24H24F3N5O3S/c1-15(33)28-20-4-8-32(29-20)22(35)30-9-5-23(6-10-30)7-11-31(14-23)21(34)19-12-16-2-3-17(24(25,26)27)13-18(16)36-19/h2-4,8,12-13H,5-7,9-11,14H2,1H3,(H,28,29,33). The van der Waals surface area contributed by atoms with Gasteiger partial charge >= 0.3 is 12.2 Å². The molecule has 0 unspecified atom stereocenters. The highest BCUT2D eigenvalue weighted by atomic mass is 32.1. The third-order valence-corrected chi connectivity index (χ3v) is 8.05. The quantitative estimate of drug-likeness (QED) is 0.533. The Hall–Kier alpha value is -3.41. The smallest absolute Gasteiger partial charge is 0.337 e. The molecule has 190 valence electrons. The van der Waals surface area contributed by atoms with Gasteiger partial charge in [0.1, 0.15) is 0 Å². The molecule has 4 heterocycles. The second kappa shape index (κ2) is 8.91. The second-order valence-corrected chi connectivity index (χ2v) is 10.5. The number of hydrogen-bond acceptors (Lipinski definition) is 5. The molecule has 36 heavy (non-hydrogen) atoms. The molecule has 12 heteroatoms. The summed E-state index contributed by atoms with van der Waals surface area (Å²) in [6.07, 6.45) is -0.618. The lowest BCUT2D eigenvalue weighted by Gasteiger charge is -2.38. The number of hydrogen-bond donors (Lipinski definition) is 1. The van der Waals surface area contributed by atoms with Crippen LogP contribution in [0.5, 0.6) is 0 Å². The lowest BCUT2D eigenvalue weighted by Crippen LogP contribution is -2.46. The number of alkyl halides is 3. The van der Waals surface area contributed by atoms with Gasteiger partial charge in [-0.3, -0.25) is 9.59 Å². The molecule has 2 aliphatic heterocycles. The zero-order valence-corrected chi connectivity index (χ0v) is 20.3. The van der Waals surface area contributed by atoms with Crippen molar-refractivity contribution in [1.82, 2.24) is 19.6 Å². The van der Waals surface area contributed by atoms with Crippen molar-refractivity contribution in [3.8, 4) is 0 Å². The molecule has 3 amide bonds. The van der Waals surface area contributed by atoms with Crippen molar-refractivity contribution >= 4 is 45.1 Å². The largest absolute Gasteiger partial charge is 0.416 e. The number of aromatic nitrogens is 2. The van der Waals surface area contributed by atoms with Gasteiger partial charge in [-0.05, 0) is 48.3 Å². The van der Waals surface area contributed by atoms with Crippen LogP contribution >= 0.6 is 11.3 Å². The lowest BCUT2D eigenvalue weighted by atomic mass is 9.78. The summed E-state index contributed by atoms with van der Waals surface area (Å²) in [5.74, 6) is -0.123. The van der Waals surface area contributed by atoms with Crippen molar-refractivity contribution in [1.29, 1.82) is 0 Å². The zero-order chi connectivity index (χ0) is 25.7. The third-order valence-electron chi connectivity index (χ3n) is 6.97. The summed E-state index contributed by atoms with van der Waals surface area (Å²) in [7, 11) is 0.